The molecule has 2 heterocycles. The van der Waals surface area contributed by atoms with Gasteiger partial charge in [0, 0.05) is 17.3 Å². The van der Waals surface area contributed by atoms with E-state index in [9.17, 15) is 17.6 Å². The Morgan fingerprint density at radius 1 is 1.27 bits per heavy atom. The quantitative estimate of drug-likeness (QED) is 0.888. The van der Waals surface area contributed by atoms with E-state index in [1.165, 1.54) is 6.07 Å². The number of benzene rings is 1. The van der Waals surface area contributed by atoms with E-state index in [1.807, 2.05) is 0 Å². The Morgan fingerprint density at radius 2 is 2.04 bits per heavy atom. The molecule has 1 atom stereocenters. The molecule has 0 unspecified atom stereocenters. The van der Waals surface area contributed by atoms with Crippen molar-refractivity contribution in [3.63, 3.8) is 0 Å². The van der Waals surface area contributed by atoms with Crippen molar-refractivity contribution >= 4 is 21.4 Å². The molecule has 1 aliphatic heterocycles. The molecule has 2 aromatic rings. The van der Waals surface area contributed by atoms with Gasteiger partial charge in [0.15, 0.2) is 15.5 Å². The molecule has 1 saturated carbocycles. The highest BCUT2D eigenvalue weighted by Gasteiger charge is 2.36. The van der Waals surface area contributed by atoms with Crippen LogP contribution in [0.5, 0.6) is 0 Å². The van der Waals surface area contributed by atoms with Gasteiger partial charge in [-0.05, 0) is 49.9 Å². The zero-order valence-electron chi connectivity index (χ0n) is 14.4. The number of carbonyl (C=O) groups is 1. The summed E-state index contributed by atoms with van der Waals surface area (Å²) in [5, 5.41) is 7.06. The van der Waals surface area contributed by atoms with E-state index in [4.69, 9.17) is 0 Å². The standard InChI is InChI=1S/C18H20FN3O3S/c1-11-2-5-13(8-15(11)19)20-18(23)16-9-17(12-3-4-12)22(21-16)14-6-7-26(24,25)10-14/h2,5,8-9,12,14H,3-4,6-7,10H2,1H3,(H,20,23)/t14-/m0/s1. The molecule has 1 aromatic heterocycles. The number of nitrogens with zero attached hydrogens (tertiary/aromatic N) is 2. The van der Waals surface area contributed by atoms with Crippen LogP contribution in [0.1, 0.15) is 53.0 Å². The molecule has 1 aromatic carbocycles. The molecular weight excluding hydrogens is 357 g/mol. The molecule has 2 fully saturated rings. The molecule has 6 nitrogen and oxygen atoms in total. The SMILES string of the molecule is Cc1ccc(NC(=O)c2cc(C3CC3)n([C@H]3CCS(=O)(=O)C3)n2)cc1F. The van der Waals surface area contributed by atoms with E-state index in [0.717, 1.165) is 18.5 Å². The molecule has 0 spiro atoms. The topological polar surface area (TPSA) is 81.1 Å². The Morgan fingerprint density at radius 3 is 2.65 bits per heavy atom. The summed E-state index contributed by atoms with van der Waals surface area (Å²) in [6.45, 7) is 1.65. The lowest BCUT2D eigenvalue weighted by Crippen LogP contribution is -2.17. The number of aromatic nitrogens is 2. The predicted molar refractivity (Wildman–Crippen MR) is 95.6 cm³/mol. The van der Waals surface area contributed by atoms with Crippen molar-refractivity contribution in [3.05, 3.63) is 47.0 Å². The fourth-order valence-corrected chi connectivity index (χ4v) is 5.02. The van der Waals surface area contributed by atoms with Crippen molar-refractivity contribution in [2.24, 2.45) is 0 Å². The molecule has 2 aliphatic rings. The van der Waals surface area contributed by atoms with Crippen LogP contribution in [0.3, 0.4) is 0 Å². The van der Waals surface area contributed by atoms with Crippen molar-refractivity contribution in [1.82, 2.24) is 9.78 Å². The predicted octanol–water partition coefficient (Wildman–Crippen LogP) is 2.82. The van der Waals surface area contributed by atoms with Gasteiger partial charge in [-0.15, -0.1) is 0 Å². The second-order valence-corrected chi connectivity index (χ2v) is 9.38. The Kier molecular flexibility index (Phi) is 4.10. The molecule has 138 valence electrons. The van der Waals surface area contributed by atoms with Crippen LogP contribution in [-0.2, 0) is 9.84 Å². The normalized spacial score (nSPS) is 21.7. The molecule has 1 amide bonds. The van der Waals surface area contributed by atoms with E-state index >= 15 is 0 Å². The van der Waals surface area contributed by atoms with Crippen LogP contribution >= 0.6 is 0 Å². The molecule has 4 rings (SSSR count). The number of anilines is 1. The van der Waals surface area contributed by atoms with Crippen molar-refractivity contribution in [2.75, 3.05) is 16.8 Å². The molecule has 1 saturated heterocycles. The number of hydrogen-bond acceptors (Lipinski definition) is 4. The molecular formula is C18H20FN3O3S. The van der Waals surface area contributed by atoms with E-state index in [-0.39, 0.29) is 29.1 Å². The maximum Gasteiger partial charge on any atom is 0.276 e. The number of aryl methyl sites for hydroxylation is 1. The number of halogens is 1. The Labute approximate surface area is 151 Å². The lowest BCUT2D eigenvalue weighted by Gasteiger charge is -2.12. The molecule has 0 radical (unpaired) electrons. The zero-order chi connectivity index (χ0) is 18.5. The summed E-state index contributed by atoms with van der Waals surface area (Å²) in [7, 11) is -3.04. The van der Waals surface area contributed by atoms with Gasteiger partial charge in [-0.25, -0.2) is 12.8 Å². The Bertz CT molecular complexity index is 980. The third-order valence-corrected chi connectivity index (χ3v) is 6.73. The number of carbonyl (C=O) groups excluding carboxylic acids is 1. The summed E-state index contributed by atoms with van der Waals surface area (Å²) in [4.78, 5) is 12.5. The van der Waals surface area contributed by atoms with Gasteiger partial charge in [-0.1, -0.05) is 6.07 Å². The molecule has 0 bridgehead atoms. The second-order valence-electron chi connectivity index (χ2n) is 7.15. The summed E-state index contributed by atoms with van der Waals surface area (Å²) in [5.41, 5.74) is 2.03. The minimum atomic E-state index is -3.04. The Balaban J connectivity index is 1.59. The summed E-state index contributed by atoms with van der Waals surface area (Å²) < 4.78 is 39.0. The molecule has 1 N–H and O–H groups in total. The lowest BCUT2D eigenvalue weighted by molar-refractivity contribution is 0.102. The van der Waals surface area contributed by atoms with Crippen LogP contribution in [0.15, 0.2) is 24.3 Å². The van der Waals surface area contributed by atoms with Crippen LogP contribution in [0.2, 0.25) is 0 Å². The van der Waals surface area contributed by atoms with Crippen LogP contribution in [0.25, 0.3) is 0 Å². The van der Waals surface area contributed by atoms with Gasteiger partial charge in [-0.3, -0.25) is 9.48 Å². The van der Waals surface area contributed by atoms with Gasteiger partial charge in [-0.2, -0.15) is 5.10 Å². The minimum absolute atomic E-state index is 0.0681. The second kappa shape index (κ2) is 6.19. The van der Waals surface area contributed by atoms with Gasteiger partial charge in [0.25, 0.3) is 5.91 Å². The highest BCUT2D eigenvalue weighted by molar-refractivity contribution is 7.91. The molecule has 1 aliphatic carbocycles. The third kappa shape index (κ3) is 3.38. The zero-order valence-corrected chi connectivity index (χ0v) is 15.2. The highest BCUT2D eigenvalue weighted by Crippen LogP contribution is 2.42. The first-order valence-electron chi connectivity index (χ1n) is 8.70. The summed E-state index contributed by atoms with van der Waals surface area (Å²) in [5.74, 6) is -0.244. The van der Waals surface area contributed by atoms with E-state index in [0.29, 0.717) is 23.6 Å². The molecule has 26 heavy (non-hydrogen) atoms. The maximum absolute atomic E-state index is 13.7. The van der Waals surface area contributed by atoms with Crippen LogP contribution in [-0.4, -0.2) is 35.6 Å². The average molecular weight is 377 g/mol. The monoisotopic (exact) mass is 377 g/mol. The number of sulfone groups is 1. The first kappa shape index (κ1) is 17.2. The van der Waals surface area contributed by atoms with Crippen molar-refractivity contribution in [3.8, 4) is 0 Å². The Hall–Kier alpha value is -2.22. The summed E-state index contributed by atoms with van der Waals surface area (Å²) >= 11 is 0. The van der Waals surface area contributed by atoms with E-state index < -0.39 is 15.7 Å². The number of nitrogens with one attached hydrogen (secondary N) is 1. The third-order valence-electron chi connectivity index (χ3n) is 4.98. The van der Waals surface area contributed by atoms with Gasteiger partial charge >= 0.3 is 0 Å². The van der Waals surface area contributed by atoms with Gasteiger partial charge in [0.1, 0.15) is 5.82 Å². The van der Waals surface area contributed by atoms with E-state index in [2.05, 4.69) is 10.4 Å². The lowest BCUT2D eigenvalue weighted by atomic mass is 10.2. The van der Waals surface area contributed by atoms with E-state index in [1.54, 1.807) is 29.8 Å². The first-order chi connectivity index (χ1) is 12.3. The van der Waals surface area contributed by atoms with Gasteiger partial charge in [0.2, 0.25) is 0 Å². The fourth-order valence-electron chi connectivity index (χ4n) is 3.33. The number of rotatable bonds is 4. The highest BCUT2D eigenvalue weighted by atomic mass is 32.2. The number of hydrogen-bond donors (Lipinski definition) is 1. The minimum Gasteiger partial charge on any atom is -0.320 e. The fraction of sp³-hybridized carbons (Fsp3) is 0.444. The van der Waals surface area contributed by atoms with Crippen molar-refractivity contribution in [2.45, 2.75) is 38.1 Å². The smallest absolute Gasteiger partial charge is 0.276 e. The van der Waals surface area contributed by atoms with Crippen LogP contribution in [0.4, 0.5) is 10.1 Å². The molecule has 8 heteroatoms. The largest absolute Gasteiger partial charge is 0.320 e. The van der Waals surface area contributed by atoms with Crippen LogP contribution < -0.4 is 5.32 Å². The van der Waals surface area contributed by atoms with Crippen LogP contribution in [0, 0.1) is 12.7 Å². The average Bonchev–Trinajstić information content (AvgIpc) is 3.22. The number of amides is 1. The van der Waals surface area contributed by atoms with Crippen molar-refractivity contribution in [1.29, 1.82) is 0 Å². The summed E-state index contributed by atoms with van der Waals surface area (Å²) in [6, 6.07) is 6.04. The van der Waals surface area contributed by atoms with Gasteiger partial charge < -0.3 is 5.32 Å². The van der Waals surface area contributed by atoms with Crippen molar-refractivity contribution < 1.29 is 17.6 Å². The van der Waals surface area contributed by atoms with Gasteiger partial charge in [0.05, 0.1) is 17.5 Å². The summed E-state index contributed by atoms with van der Waals surface area (Å²) in [6.07, 6.45) is 2.57. The maximum atomic E-state index is 13.7. The first-order valence-corrected chi connectivity index (χ1v) is 10.5.